The van der Waals surface area contributed by atoms with E-state index in [1.54, 1.807) is 12.3 Å². The predicted molar refractivity (Wildman–Crippen MR) is 140 cm³/mol. The van der Waals surface area contributed by atoms with Gasteiger partial charge in [0.15, 0.2) is 0 Å². The molecule has 0 radical (unpaired) electrons. The smallest absolute Gasteiger partial charge is 0.226 e. The van der Waals surface area contributed by atoms with Crippen LogP contribution in [0, 0.1) is 0 Å². The van der Waals surface area contributed by atoms with Crippen molar-refractivity contribution in [3.05, 3.63) is 64.0 Å². The second-order valence-corrected chi connectivity index (χ2v) is 9.46. The van der Waals surface area contributed by atoms with Crippen molar-refractivity contribution >= 4 is 59.8 Å². The lowest BCUT2D eigenvalue weighted by Crippen LogP contribution is -2.44. The molecule has 2 fully saturated rings. The first kappa shape index (κ1) is 25.9. The fourth-order valence-corrected chi connectivity index (χ4v) is 5.34. The molecule has 3 aromatic rings. The molecule has 33 heavy (non-hydrogen) atoms. The molecule has 1 aromatic carbocycles. The maximum Gasteiger partial charge on any atom is 0.226 e. The molecule has 2 aromatic heterocycles. The summed E-state index contributed by atoms with van der Waals surface area (Å²) in [5, 5.41) is 10.4. The monoisotopic (exact) mass is 528 g/mol. The van der Waals surface area contributed by atoms with Crippen LogP contribution in [0.5, 0.6) is 0 Å². The van der Waals surface area contributed by atoms with Crippen LogP contribution in [0.15, 0.2) is 42.6 Å². The first-order chi connectivity index (χ1) is 15.0. The predicted octanol–water partition coefficient (Wildman–Crippen LogP) is 5.55. The summed E-state index contributed by atoms with van der Waals surface area (Å²) in [6.45, 7) is 1.84. The maximum atomic E-state index is 6.37. The minimum atomic E-state index is 0. The van der Waals surface area contributed by atoms with Gasteiger partial charge in [0, 0.05) is 39.4 Å². The number of hydrogen-bond donors (Lipinski definition) is 0. The van der Waals surface area contributed by atoms with E-state index >= 15 is 0 Å². The molecule has 3 heterocycles. The van der Waals surface area contributed by atoms with Crippen LogP contribution in [-0.4, -0.2) is 45.9 Å². The molecule has 1 aliphatic carbocycles. The lowest BCUT2D eigenvalue weighted by atomic mass is 9.95. The molecule has 0 spiro atoms. The highest BCUT2D eigenvalue weighted by atomic mass is 35.5. The quantitative estimate of drug-likeness (QED) is 0.434. The van der Waals surface area contributed by atoms with E-state index in [2.05, 4.69) is 74.0 Å². The van der Waals surface area contributed by atoms with Gasteiger partial charge in [-0.05, 0) is 37.3 Å². The molecule has 1 saturated carbocycles. The van der Waals surface area contributed by atoms with Gasteiger partial charge in [0.25, 0.3) is 0 Å². The third-order valence-electron chi connectivity index (χ3n) is 6.77. The summed E-state index contributed by atoms with van der Waals surface area (Å²) in [5.74, 6) is 2.81. The number of benzene rings is 1. The van der Waals surface area contributed by atoms with Crippen LogP contribution in [-0.2, 0) is 12.5 Å². The van der Waals surface area contributed by atoms with Crippen molar-refractivity contribution in [2.75, 3.05) is 29.9 Å². The lowest BCUT2D eigenvalue weighted by Gasteiger charge is -2.37. The Morgan fingerprint density at radius 2 is 1.70 bits per heavy atom. The fraction of sp³-hybridized carbons (Fsp3) is 0.435. The number of pyridine rings is 1. The summed E-state index contributed by atoms with van der Waals surface area (Å²) >= 11 is 12.4. The first-order valence-corrected chi connectivity index (χ1v) is 11.5. The fourth-order valence-electron chi connectivity index (χ4n) is 4.83. The highest BCUT2D eigenvalue weighted by molar-refractivity contribution is 6.36. The molecule has 6 nitrogen and oxygen atoms in total. The van der Waals surface area contributed by atoms with Crippen LogP contribution in [0.1, 0.15) is 37.1 Å². The molecule has 1 aliphatic heterocycles. The van der Waals surface area contributed by atoms with Crippen molar-refractivity contribution in [1.82, 2.24) is 19.7 Å². The molecule has 0 atom stereocenters. The van der Waals surface area contributed by atoms with Gasteiger partial charge in [-0.2, -0.15) is 0 Å². The summed E-state index contributed by atoms with van der Waals surface area (Å²) in [4.78, 5) is 8.95. The molecule has 0 amide bonds. The Labute approximate surface area is 217 Å². The van der Waals surface area contributed by atoms with Gasteiger partial charge >= 0.3 is 0 Å². The van der Waals surface area contributed by atoms with E-state index < -0.39 is 0 Å². The number of hydrogen-bond acceptors (Lipinski definition) is 5. The highest BCUT2D eigenvalue weighted by Gasteiger charge is 2.50. The van der Waals surface area contributed by atoms with Gasteiger partial charge in [0.2, 0.25) is 5.95 Å². The molecule has 10 heteroatoms. The molecule has 178 valence electrons. The van der Waals surface area contributed by atoms with Crippen molar-refractivity contribution in [3.8, 4) is 0 Å². The van der Waals surface area contributed by atoms with Gasteiger partial charge in [-0.1, -0.05) is 53.5 Å². The molecule has 0 unspecified atom stereocenters. The van der Waals surface area contributed by atoms with Crippen molar-refractivity contribution < 1.29 is 0 Å². The average molecular weight is 530 g/mol. The van der Waals surface area contributed by atoms with E-state index in [-0.39, 0.29) is 30.2 Å². The summed E-state index contributed by atoms with van der Waals surface area (Å²) in [6, 6.07) is 12.8. The molecular weight excluding hydrogens is 502 g/mol. The number of halogens is 4. The normalized spacial score (nSPS) is 17.2. The molecule has 5 rings (SSSR count). The SMILES string of the molecule is CN(c1ncc(Cl)cc1Cl)C1CCN(c2nnc(C3(c4ccccc4)CC3)n2C)CC1.Cl.Cl. The standard InChI is InChI=1S/C23H26Cl2N6.2ClH/c1-29(20-19(25)14-17(24)15-26-20)18-8-12-31(13-9-18)22-28-27-21(30(22)2)23(10-11-23)16-6-4-3-5-7-16;;/h3-7,14-15,18H,8-13H2,1-2H3;2*1H. The maximum absolute atomic E-state index is 6.37. The van der Waals surface area contributed by atoms with Gasteiger partial charge in [0.1, 0.15) is 11.6 Å². The van der Waals surface area contributed by atoms with Crippen LogP contribution >= 0.6 is 48.0 Å². The third kappa shape index (κ3) is 4.76. The number of piperidine rings is 1. The first-order valence-electron chi connectivity index (χ1n) is 10.7. The summed E-state index contributed by atoms with van der Waals surface area (Å²) < 4.78 is 2.20. The van der Waals surface area contributed by atoms with E-state index in [1.807, 2.05) is 0 Å². The Kier molecular flexibility index (Phi) is 8.05. The second-order valence-electron chi connectivity index (χ2n) is 8.62. The van der Waals surface area contributed by atoms with Crippen LogP contribution in [0.2, 0.25) is 10.0 Å². The van der Waals surface area contributed by atoms with Gasteiger partial charge in [0.05, 0.1) is 15.5 Å². The van der Waals surface area contributed by atoms with Crippen LogP contribution in [0.3, 0.4) is 0 Å². The van der Waals surface area contributed by atoms with Crippen LogP contribution < -0.4 is 9.80 Å². The Bertz CT molecular complexity index is 1080. The summed E-state index contributed by atoms with van der Waals surface area (Å²) in [5.41, 5.74) is 1.36. The van der Waals surface area contributed by atoms with Crippen molar-refractivity contribution in [2.45, 2.75) is 37.1 Å². The van der Waals surface area contributed by atoms with E-state index in [0.29, 0.717) is 16.1 Å². The third-order valence-corrected chi connectivity index (χ3v) is 7.26. The second kappa shape index (κ2) is 10.3. The van der Waals surface area contributed by atoms with E-state index in [0.717, 1.165) is 56.4 Å². The zero-order chi connectivity index (χ0) is 21.6. The average Bonchev–Trinajstić information content (AvgIpc) is 3.50. The van der Waals surface area contributed by atoms with E-state index in [9.17, 15) is 0 Å². The summed E-state index contributed by atoms with van der Waals surface area (Å²) in [6.07, 6.45) is 5.91. The number of rotatable bonds is 5. The molecule has 1 saturated heterocycles. The zero-order valence-electron chi connectivity index (χ0n) is 18.6. The van der Waals surface area contributed by atoms with Crippen molar-refractivity contribution in [3.63, 3.8) is 0 Å². The Hall–Kier alpha value is -1.73. The topological polar surface area (TPSA) is 50.1 Å². The Morgan fingerprint density at radius 1 is 1.03 bits per heavy atom. The minimum Gasteiger partial charge on any atom is -0.355 e. The molecule has 0 N–H and O–H groups in total. The summed E-state index contributed by atoms with van der Waals surface area (Å²) in [7, 11) is 4.16. The van der Waals surface area contributed by atoms with Gasteiger partial charge < -0.3 is 9.80 Å². The lowest BCUT2D eigenvalue weighted by molar-refractivity contribution is 0.472. The van der Waals surface area contributed by atoms with Gasteiger partial charge in [-0.15, -0.1) is 35.0 Å². The van der Waals surface area contributed by atoms with E-state index in [4.69, 9.17) is 23.2 Å². The largest absolute Gasteiger partial charge is 0.355 e. The van der Waals surface area contributed by atoms with Crippen LogP contribution in [0.25, 0.3) is 0 Å². The minimum absolute atomic E-state index is 0. The van der Waals surface area contributed by atoms with Crippen molar-refractivity contribution in [2.24, 2.45) is 7.05 Å². The van der Waals surface area contributed by atoms with Crippen LogP contribution in [0.4, 0.5) is 11.8 Å². The molecular formula is C23H28Cl4N6. The zero-order valence-corrected chi connectivity index (χ0v) is 21.8. The highest BCUT2D eigenvalue weighted by Crippen LogP contribution is 2.53. The number of aromatic nitrogens is 4. The molecule has 0 bridgehead atoms. The van der Waals surface area contributed by atoms with Gasteiger partial charge in [-0.3, -0.25) is 4.57 Å². The van der Waals surface area contributed by atoms with Crippen molar-refractivity contribution in [1.29, 1.82) is 0 Å². The van der Waals surface area contributed by atoms with Gasteiger partial charge in [-0.25, -0.2) is 4.98 Å². The Balaban J connectivity index is 0.00000153. The van der Waals surface area contributed by atoms with E-state index in [1.165, 1.54) is 5.56 Å². The Morgan fingerprint density at radius 3 is 2.30 bits per heavy atom. The number of nitrogens with zero attached hydrogens (tertiary/aromatic N) is 6. The number of anilines is 2. The molecule has 2 aliphatic rings.